The third-order valence-corrected chi connectivity index (χ3v) is 2.71. The predicted molar refractivity (Wildman–Crippen MR) is 62.5 cm³/mol. The normalized spacial score (nSPS) is 15.3. The second kappa shape index (κ2) is 5.38. The molecule has 0 aromatic heterocycles. The fraction of sp³-hybridized carbons (Fsp3) is 0.500. The molecule has 0 saturated heterocycles. The summed E-state index contributed by atoms with van der Waals surface area (Å²) in [6.07, 6.45) is 2.78. The van der Waals surface area contributed by atoms with Gasteiger partial charge in [0.05, 0.1) is 0 Å². The standard InChI is InChI=1S/C12H16ClNO/c13-11-2-1-3-12(8-11)15-7-6-14-9-10-4-5-10/h1-3,8,10,14H,4-7,9H2. The summed E-state index contributed by atoms with van der Waals surface area (Å²) >= 11 is 5.84. The molecule has 1 fully saturated rings. The van der Waals surface area contributed by atoms with Crippen LogP contribution in [0, 0.1) is 5.92 Å². The van der Waals surface area contributed by atoms with E-state index in [0.717, 1.165) is 29.8 Å². The summed E-state index contributed by atoms with van der Waals surface area (Å²) in [6.45, 7) is 2.75. The van der Waals surface area contributed by atoms with E-state index in [2.05, 4.69) is 5.32 Å². The molecular weight excluding hydrogens is 210 g/mol. The maximum atomic E-state index is 5.84. The first-order valence-corrected chi connectivity index (χ1v) is 5.81. The molecule has 0 atom stereocenters. The number of ether oxygens (including phenoxy) is 1. The molecule has 3 heteroatoms. The molecule has 82 valence electrons. The third kappa shape index (κ3) is 4.10. The number of halogens is 1. The largest absolute Gasteiger partial charge is 0.492 e. The van der Waals surface area contributed by atoms with Gasteiger partial charge in [0.2, 0.25) is 0 Å². The van der Waals surface area contributed by atoms with Crippen molar-refractivity contribution in [2.24, 2.45) is 5.92 Å². The molecule has 1 aromatic rings. The SMILES string of the molecule is Clc1cccc(OCCNCC2CC2)c1. The van der Waals surface area contributed by atoms with Crippen LogP contribution in [0.15, 0.2) is 24.3 Å². The highest BCUT2D eigenvalue weighted by molar-refractivity contribution is 6.30. The monoisotopic (exact) mass is 225 g/mol. The summed E-state index contributed by atoms with van der Waals surface area (Å²) in [5.74, 6) is 1.77. The van der Waals surface area contributed by atoms with Gasteiger partial charge in [0.15, 0.2) is 0 Å². The van der Waals surface area contributed by atoms with Crippen LogP contribution in [-0.2, 0) is 0 Å². The van der Waals surface area contributed by atoms with Gasteiger partial charge < -0.3 is 10.1 Å². The lowest BCUT2D eigenvalue weighted by atomic mass is 10.3. The molecule has 0 amide bonds. The molecule has 1 saturated carbocycles. The lowest BCUT2D eigenvalue weighted by molar-refractivity contribution is 0.313. The zero-order valence-corrected chi connectivity index (χ0v) is 9.46. The Morgan fingerprint density at radius 3 is 3.00 bits per heavy atom. The zero-order valence-electron chi connectivity index (χ0n) is 8.71. The topological polar surface area (TPSA) is 21.3 Å². The first kappa shape index (κ1) is 10.8. The molecule has 15 heavy (non-hydrogen) atoms. The Hall–Kier alpha value is -0.730. The van der Waals surface area contributed by atoms with Crippen LogP contribution in [0.3, 0.4) is 0 Å². The number of hydrogen-bond acceptors (Lipinski definition) is 2. The first-order chi connectivity index (χ1) is 7.34. The predicted octanol–water partition coefficient (Wildman–Crippen LogP) is 2.72. The molecule has 1 aliphatic carbocycles. The Morgan fingerprint density at radius 2 is 2.27 bits per heavy atom. The van der Waals surface area contributed by atoms with Gasteiger partial charge in [-0.3, -0.25) is 0 Å². The molecule has 1 N–H and O–H groups in total. The second-order valence-electron chi connectivity index (χ2n) is 3.95. The van der Waals surface area contributed by atoms with Gasteiger partial charge in [-0.15, -0.1) is 0 Å². The fourth-order valence-electron chi connectivity index (χ4n) is 1.43. The van der Waals surface area contributed by atoms with Crippen molar-refractivity contribution in [1.29, 1.82) is 0 Å². The highest BCUT2D eigenvalue weighted by atomic mass is 35.5. The Kier molecular flexibility index (Phi) is 3.87. The Balaban J connectivity index is 1.60. The summed E-state index contributed by atoms with van der Waals surface area (Å²) in [5, 5.41) is 4.09. The summed E-state index contributed by atoms with van der Waals surface area (Å²) in [6, 6.07) is 7.50. The molecule has 2 rings (SSSR count). The van der Waals surface area contributed by atoms with E-state index in [9.17, 15) is 0 Å². The quantitative estimate of drug-likeness (QED) is 0.752. The molecule has 0 unspecified atom stereocenters. The average Bonchev–Trinajstić information content (AvgIpc) is 3.01. The van der Waals surface area contributed by atoms with Gasteiger partial charge >= 0.3 is 0 Å². The van der Waals surface area contributed by atoms with Gasteiger partial charge in [-0.1, -0.05) is 17.7 Å². The fourth-order valence-corrected chi connectivity index (χ4v) is 1.61. The third-order valence-electron chi connectivity index (χ3n) is 2.47. The lowest BCUT2D eigenvalue weighted by Gasteiger charge is -2.07. The summed E-state index contributed by atoms with van der Waals surface area (Å²) < 4.78 is 5.54. The van der Waals surface area contributed by atoms with E-state index in [1.807, 2.05) is 24.3 Å². The molecule has 0 aliphatic heterocycles. The van der Waals surface area contributed by atoms with Crippen LogP contribution in [0.5, 0.6) is 5.75 Å². The van der Waals surface area contributed by atoms with E-state index < -0.39 is 0 Å². The highest BCUT2D eigenvalue weighted by Crippen LogP contribution is 2.27. The van der Waals surface area contributed by atoms with Crippen molar-refractivity contribution in [2.75, 3.05) is 19.7 Å². The minimum atomic E-state index is 0.701. The lowest BCUT2D eigenvalue weighted by Crippen LogP contribution is -2.23. The van der Waals surface area contributed by atoms with E-state index in [1.165, 1.54) is 12.8 Å². The van der Waals surface area contributed by atoms with Gasteiger partial charge in [0.1, 0.15) is 12.4 Å². The summed E-state index contributed by atoms with van der Waals surface area (Å²) in [5.41, 5.74) is 0. The molecule has 0 radical (unpaired) electrons. The van der Waals surface area contributed by atoms with Crippen molar-refractivity contribution < 1.29 is 4.74 Å². The average molecular weight is 226 g/mol. The first-order valence-electron chi connectivity index (χ1n) is 5.44. The van der Waals surface area contributed by atoms with Gasteiger partial charge in [0.25, 0.3) is 0 Å². The smallest absolute Gasteiger partial charge is 0.120 e. The van der Waals surface area contributed by atoms with Crippen LogP contribution in [0.25, 0.3) is 0 Å². The minimum Gasteiger partial charge on any atom is -0.492 e. The van der Waals surface area contributed by atoms with E-state index >= 15 is 0 Å². The van der Waals surface area contributed by atoms with E-state index in [0.29, 0.717) is 6.61 Å². The Labute approximate surface area is 95.6 Å². The Bertz CT molecular complexity index is 312. The van der Waals surface area contributed by atoms with E-state index in [4.69, 9.17) is 16.3 Å². The second-order valence-corrected chi connectivity index (χ2v) is 4.39. The number of nitrogens with one attached hydrogen (secondary N) is 1. The molecule has 0 bridgehead atoms. The molecule has 2 nitrogen and oxygen atoms in total. The van der Waals surface area contributed by atoms with Crippen LogP contribution < -0.4 is 10.1 Å². The highest BCUT2D eigenvalue weighted by Gasteiger charge is 2.19. The van der Waals surface area contributed by atoms with E-state index in [1.54, 1.807) is 0 Å². The zero-order chi connectivity index (χ0) is 10.5. The van der Waals surface area contributed by atoms with E-state index in [-0.39, 0.29) is 0 Å². The van der Waals surface area contributed by atoms with Crippen LogP contribution in [0.2, 0.25) is 5.02 Å². The van der Waals surface area contributed by atoms with Crippen molar-refractivity contribution in [3.63, 3.8) is 0 Å². The molecule has 0 spiro atoms. The molecule has 1 aliphatic rings. The Morgan fingerprint density at radius 1 is 1.40 bits per heavy atom. The number of rotatable bonds is 6. The summed E-state index contributed by atoms with van der Waals surface area (Å²) in [7, 11) is 0. The van der Waals surface area contributed by atoms with Crippen LogP contribution >= 0.6 is 11.6 Å². The van der Waals surface area contributed by atoms with Gasteiger partial charge in [-0.2, -0.15) is 0 Å². The maximum Gasteiger partial charge on any atom is 0.120 e. The number of hydrogen-bond donors (Lipinski definition) is 1. The van der Waals surface area contributed by atoms with Crippen molar-refractivity contribution in [3.05, 3.63) is 29.3 Å². The molecule has 1 aromatic carbocycles. The van der Waals surface area contributed by atoms with Crippen LogP contribution in [0.4, 0.5) is 0 Å². The van der Waals surface area contributed by atoms with Crippen molar-refractivity contribution in [3.8, 4) is 5.75 Å². The molecule has 0 heterocycles. The van der Waals surface area contributed by atoms with Crippen LogP contribution in [0.1, 0.15) is 12.8 Å². The van der Waals surface area contributed by atoms with Gasteiger partial charge in [-0.25, -0.2) is 0 Å². The maximum absolute atomic E-state index is 5.84. The van der Waals surface area contributed by atoms with Crippen molar-refractivity contribution in [1.82, 2.24) is 5.32 Å². The molecular formula is C12H16ClNO. The van der Waals surface area contributed by atoms with Gasteiger partial charge in [0, 0.05) is 11.6 Å². The van der Waals surface area contributed by atoms with Crippen molar-refractivity contribution >= 4 is 11.6 Å². The van der Waals surface area contributed by atoms with Crippen LogP contribution in [-0.4, -0.2) is 19.7 Å². The number of benzene rings is 1. The summed E-state index contributed by atoms with van der Waals surface area (Å²) in [4.78, 5) is 0. The van der Waals surface area contributed by atoms with Crippen molar-refractivity contribution in [2.45, 2.75) is 12.8 Å². The minimum absolute atomic E-state index is 0.701. The van der Waals surface area contributed by atoms with Gasteiger partial charge in [-0.05, 0) is 43.5 Å².